The number of benzene rings is 1. The summed E-state index contributed by atoms with van der Waals surface area (Å²) in [4.78, 5) is 9.11. The maximum atomic E-state index is 5.96. The molecular formula is C17H21N3O. The fourth-order valence-corrected chi connectivity index (χ4v) is 2.97. The number of hydrogen-bond donors (Lipinski definition) is 1. The van der Waals surface area contributed by atoms with E-state index in [1.807, 2.05) is 30.3 Å². The number of nitrogens with zero attached hydrogens (tertiary/aromatic N) is 2. The Kier molecular flexibility index (Phi) is 4.04. The van der Waals surface area contributed by atoms with Gasteiger partial charge in [0.2, 0.25) is 0 Å². The molecule has 110 valence electrons. The predicted molar refractivity (Wildman–Crippen MR) is 83.5 cm³/mol. The average molecular weight is 283 g/mol. The van der Waals surface area contributed by atoms with Gasteiger partial charge in [-0.2, -0.15) is 0 Å². The van der Waals surface area contributed by atoms with Gasteiger partial charge in [0.15, 0.2) is 0 Å². The highest BCUT2D eigenvalue weighted by Gasteiger charge is 2.19. The standard InChI is InChI=1S/C17H21N3O/c1-21-14-8-6-12(7-9-14)10-17-19-15(11-16(18)20-17)13-4-2-3-5-13/h6-9,11,13H,2-5,10H2,1H3,(H2,18,19,20). The van der Waals surface area contributed by atoms with Gasteiger partial charge in [0, 0.05) is 24.1 Å². The topological polar surface area (TPSA) is 61.0 Å². The third kappa shape index (κ3) is 3.32. The van der Waals surface area contributed by atoms with Crippen LogP contribution in [0.1, 0.15) is 48.7 Å². The molecule has 1 fully saturated rings. The van der Waals surface area contributed by atoms with E-state index >= 15 is 0 Å². The fraction of sp³-hybridized carbons (Fsp3) is 0.412. The predicted octanol–water partition coefficient (Wildman–Crippen LogP) is 3.32. The highest BCUT2D eigenvalue weighted by atomic mass is 16.5. The van der Waals surface area contributed by atoms with Gasteiger partial charge < -0.3 is 10.5 Å². The van der Waals surface area contributed by atoms with Crippen molar-refractivity contribution in [2.24, 2.45) is 0 Å². The monoisotopic (exact) mass is 283 g/mol. The highest BCUT2D eigenvalue weighted by Crippen LogP contribution is 2.33. The largest absolute Gasteiger partial charge is 0.497 e. The number of aromatic nitrogens is 2. The molecule has 1 aliphatic carbocycles. The quantitative estimate of drug-likeness (QED) is 0.935. The van der Waals surface area contributed by atoms with E-state index < -0.39 is 0 Å². The van der Waals surface area contributed by atoms with Crippen LogP contribution in [0.2, 0.25) is 0 Å². The average Bonchev–Trinajstić information content (AvgIpc) is 3.02. The molecule has 3 rings (SSSR count). The number of methoxy groups -OCH3 is 1. The van der Waals surface area contributed by atoms with Crippen molar-refractivity contribution in [1.29, 1.82) is 0 Å². The molecule has 0 bridgehead atoms. The second kappa shape index (κ2) is 6.12. The molecule has 0 amide bonds. The molecule has 0 spiro atoms. The van der Waals surface area contributed by atoms with Crippen LogP contribution < -0.4 is 10.5 Å². The maximum absolute atomic E-state index is 5.96. The second-order valence-corrected chi connectivity index (χ2v) is 5.64. The number of rotatable bonds is 4. The Hall–Kier alpha value is -2.10. The van der Waals surface area contributed by atoms with Gasteiger partial charge in [-0.15, -0.1) is 0 Å². The SMILES string of the molecule is COc1ccc(Cc2nc(N)cc(C3CCCC3)n2)cc1. The van der Waals surface area contributed by atoms with Gasteiger partial charge >= 0.3 is 0 Å². The minimum Gasteiger partial charge on any atom is -0.497 e. The summed E-state index contributed by atoms with van der Waals surface area (Å²) in [5.41, 5.74) is 8.24. The van der Waals surface area contributed by atoms with Gasteiger partial charge in [-0.3, -0.25) is 0 Å². The molecule has 4 nitrogen and oxygen atoms in total. The Morgan fingerprint density at radius 1 is 1.14 bits per heavy atom. The van der Waals surface area contributed by atoms with E-state index in [0.29, 0.717) is 18.2 Å². The van der Waals surface area contributed by atoms with Crippen molar-refractivity contribution in [2.45, 2.75) is 38.0 Å². The molecule has 0 unspecified atom stereocenters. The Morgan fingerprint density at radius 2 is 1.86 bits per heavy atom. The van der Waals surface area contributed by atoms with Crippen LogP contribution in [-0.4, -0.2) is 17.1 Å². The van der Waals surface area contributed by atoms with Crippen LogP contribution in [0.3, 0.4) is 0 Å². The van der Waals surface area contributed by atoms with Crippen molar-refractivity contribution in [1.82, 2.24) is 9.97 Å². The van der Waals surface area contributed by atoms with Gasteiger partial charge in [-0.1, -0.05) is 25.0 Å². The normalized spacial score (nSPS) is 15.3. The van der Waals surface area contributed by atoms with Crippen LogP contribution in [-0.2, 0) is 6.42 Å². The molecule has 2 aromatic rings. The summed E-state index contributed by atoms with van der Waals surface area (Å²) in [7, 11) is 1.67. The first-order chi connectivity index (χ1) is 10.2. The lowest BCUT2D eigenvalue weighted by Crippen LogP contribution is -2.06. The van der Waals surface area contributed by atoms with Gasteiger partial charge in [-0.05, 0) is 30.5 Å². The minimum atomic E-state index is 0.560. The highest BCUT2D eigenvalue weighted by molar-refractivity contribution is 5.34. The van der Waals surface area contributed by atoms with Crippen LogP contribution in [0.5, 0.6) is 5.75 Å². The molecule has 1 aromatic heterocycles. The molecular weight excluding hydrogens is 262 g/mol. The first kappa shape index (κ1) is 13.9. The molecule has 1 saturated carbocycles. The zero-order chi connectivity index (χ0) is 14.7. The molecule has 2 N–H and O–H groups in total. The molecule has 0 saturated heterocycles. The van der Waals surface area contributed by atoms with Crippen molar-refractivity contribution in [2.75, 3.05) is 12.8 Å². The number of ether oxygens (including phenoxy) is 1. The van der Waals surface area contributed by atoms with E-state index in [1.54, 1.807) is 7.11 Å². The first-order valence-corrected chi connectivity index (χ1v) is 7.51. The van der Waals surface area contributed by atoms with Crippen molar-refractivity contribution in [3.8, 4) is 5.75 Å². The van der Waals surface area contributed by atoms with E-state index in [-0.39, 0.29) is 0 Å². The van der Waals surface area contributed by atoms with E-state index in [2.05, 4.69) is 4.98 Å². The lowest BCUT2D eigenvalue weighted by molar-refractivity contribution is 0.414. The van der Waals surface area contributed by atoms with Gasteiger partial charge in [0.05, 0.1) is 7.11 Å². The van der Waals surface area contributed by atoms with Gasteiger partial charge in [-0.25, -0.2) is 9.97 Å². The molecule has 21 heavy (non-hydrogen) atoms. The third-order valence-corrected chi connectivity index (χ3v) is 4.11. The molecule has 0 aliphatic heterocycles. The molecule has 1 aliphatic rings. The summed E-state index contributed by atoms with van der Waals surface area (Å²) in [6.45, 7) is 0. The van der Waals surface area contributed by atoms with Crippen LogP contribution in [0.4, 0.5) is 5.82 Å². The second-order valence-electron chi connectivity index (χ2n) is 5.64. The number of anilines is 1. The van der Waals surface area contributed by atoms with E-state index in [4.69, 9.17) is 15.5 Å². The van der Waals surface area contributed by atoms with Crippen molar-refractivity contribution < 1.29 is 4.74 Å². The van der Waals surface area contributed by atoms with Crippen molar-refractivity contribution in [3.05, 3.63) is 47.4 Å². The zero-order valence-corrected chi connectivity index (χ0v) is 12.4. The summed E-state index contributed by atoms with van der Waals surface area (Å²) in [6, 6.07) is 9.94. The molecule has 0 radical (unpaired) electrons. The van der Waals surface area contributed by atoms with Crippen LogP contribution in [0.25, 0.3) is 0 Å². The Bertz CT molecular complexity index is 604. The summed E-state index contributed by atoms with van der Waals surface area (Å²) in [5, 5.41) is 0. The van der Waals surface area contributed by atoms with Crippen LogP contribution in [0, 0.1) is 0 Å². The number of nitrogens with two attached hydrogens (primary N) is 1. The fourth-order valence-electron chi connectivity index (χ4n) is 2.97. The third-order valence-electron chi connectivity index (χ3n) is 4.11. The maximum Gasteiger partial charge on any atom is 0.135 e. The Labute approximate surface area is 125 Å². The first-order valence-electron chi connectivity index (χ1n) is 7.51. The molecule has 4 heteroatoms. The van der Waals surface area contributed by atoms with E-state index in [0.717, 1.165) is 17.3 Å². The molecule has 1 aromatic carbocycles. The van der Waals surface area contributed by atoms with Crippen molar-refractivity contribution >= 4 is 5.82 Å². The lowest BCUT2D eigenvalue weighted by Gasteiger charge is -2.11. The van der Waals surface area contributed by atoms with Crippen LogP contribution in [0.15, 0.2) is 30.3 Å². The van der Waals surface area contributed by atoms with Gasteiger partial charge in [0.25, 0.3) is 0 Å². The van der Waals surface area contributed by atoms with Crippen molar-refractivity contribution in [3.63, 3.8) is 0 Å². The van der Waals surface area contributed by atoms with E-state index in [9.17, 15) is 0 Å². The Balaban J connectivity index is 1.80. The minimum absolute atomic E-state index is 0.560. The number of hydrogen-bond acceptors (Lipinski definition) is 4. The lowest BCUT2D eigenvalue weighted by atomic mass is 10.0. The summed E-state index contributed by atoms with van der Waals surface area (Å²) >= 11 is 0. The Morgan fingerprint density at radius 3 is 2.52 bits per heavy atom. The van der Waals surface area contributed by atoms with Gasteiger partial charge in [0.1, 0.15) is 17.4 Å². The summed E-state index contributed by atoms with van der Waals surface area (Å²) in [6.07, 6.45) is 5.73. The summed E-state index contributed by atoms with van der Waals surface area (Å²) < 4.78 is 5.17. The summed E-state index contributed by atoms with van der Waals surface area (Å²) in [5.74, 6) is 2.81. The van der Waals surface area contributed by atoms with Crippen LogP contribution >= 0.6 is 0 Å². The van der Waals surface area contributed by atoms with E-state index in [1.165, 1.54) is 31.2 Å². The molecule has 0 atom stereocenters. The zero-order valence-electron chi connectivity index (χ0n) is 12.4. The smallest absolute Gasteiger partial charge is 0.135 e. The number of nitrogen functional groups attached to an aromatic ring is 1. The molecule has 1 heterocycles.